The van der Waals surface area contributed by atoms with Crippen LogP contribution in [-0.4, -0.2) is 160 Å². The molecule has 596 valence electrons. The number of esters is 3. The summed E-state index contributed by atoms with van der Waals surface area (Å²) in [5.41, 5.74) is 25.1. The summed E-state index contributed by atoms with van der Waals surface area (Å²) in [7, 11) is 0. The second-order valence-corrected chi connectivity index (χ2v) is 27.0. The number of hydrogen-bond acceptors (Lipinski definition) is 32. The molecule has 0 radical (unpaired) electrons. The fourth-order valence-corrected chi connectivity index (χ4v) is 12.0. The van der Waals surface area contributed by atoms with E-state index >= 15 is 0 Å². The van der Waals surface area contributed by atoms with Crippen LogP contribution in [0, 0.1) is 62.3 Å². The molecule has 12 aromatic heterocycles. The predicted molar refractivity (Wildman–Crippen MR) is 431 cm³/mol. The summed E-state index contributed by atoms with van der Waals surface area (Å²) in [5, 5.41) is 38.3. The number of carboxylic acids is 1. The molecule has 0 spiro atoms. The normalized spacial score (nSPS) is 10.1. The minimum Gasteiger partial charge on any atom is -0.476 e. The molecular formula is C78H81ClN20O13S3. The van der Waals surface area contributed by atoms with Gasteiger partial charge in [-0.3, -0.25) is 74.3 Å². The molecule has 0 aromatic carbocycles. The van der Waals surface area contributed by atoms with E-state index in [0.29, 0.717) is 56.7 Å². The van der Waals surface area contributed by atoms with Crippen LogP contribution in [0.3, 0.4) is 0 Å². The van der Waals surface area contributed by atoms with Crippen molar-refractivity contribution in [2.75, 3.05) is 26.4 Å². The first kappa shape index (κ1) is 90.8. The number of Topliss-reactive ketones (excluding diaryl/α,β-unsaturated/α-hetero) is 1. The topological polar surface area (TPSA) is 483 Å². The zero-order valence-corrected chi connectivity index (χ0v) is 67.7. The first-order valence-corrected chi connectivity index (χ1v) is 37.6. The van der Waals surface area contributed by atoms with Crippen molar-refractivity contribution in [2.45, 2.75) is 96.2 Å². The Kier molecular flexibility index (Phi) is 36.8. The molecule has 12 aromatic rings. The minimum atomic E-state index is -1.08. The van der Waals surface area contributed by atoms with E-state index in [1.807, 2.05) is 126 Å². The Balaban J connectivity index is 0.000000216. The number of nitrogens with two attached hydrogens (primary N) is 2. The van der Waals surface area contributed by atoms with Crippen LogP contribution < -0.4 is 27.6 Å². The van der Waals surface area contributed by atoms with Crippen molar-refractivity contribution in [1.82, 2.24) is 91.5 Å². The highest BCUT2D eigenvalue weighted by molar-refractivity contribution is 7.17. The minimum absolute atomic E-state index is 0.0185. The lowest BCUT2D eigenvalue weighted by Crippen LogP contribution is -2.36. The SMILES string of the molecule is CCOC(=O)C(=O)Cl.CCOC(=O)C(=O)NCC(=O)c1ncccc1C.CCOC(=O)c1nnc(-c2ncccc2C)s1.Cc1cc(-c2ncc(CN)cc2C)ccn1.Cc1cc(-c2ncc(CNC(=O)c3nnc(-c4ncccc4C)s3)cc2C)ccn1.Cc1cccnc1-c1nnc(C(=O)O)s1.Cc1cccnc1C(=O)NN. The van der Waals surface area contributed by atoms with Crippen molar-refractivity contribution in [2.24, 2.45) is 11.6 Å². The van der Waals surface area contributed by atoms with Gasteiger partial charge in [0.1, 0.15) is 28.5 Å². The van der Waals surface area contributed by atoms with Crippen LogP contribution in [0.15, 0.2) is 153 Å². The number of nitrogen functional groups attached to an aromatic ring is 1. The molecule has 0 unspecified atom stereocenters. The number of ketones is 1. The summed E-state index contributed by atoms with van der Waals surface area (Å²) in [6.07, 6.45) is 15.3. The van der Waals surface area contributed by atoms with Crippen molar-refractivity contribution in [3.8, 4) is 54.6 Å². The molecule has 0 aliphatic heterocycles. The lowest BCUT2D eigenvalue weighted by atomic mass is 10.1. The molecule has 0 aliphatic rings. The fourth-order valence-electron chi connectivity index (χ4n) is 9.53. The number of pyridine rings is 9. The molecule has 0 fully saturated rings. The van der Waals surface area contributed by atoms with Crippen LogP contribution in [0.5, 0.6) is 0 Å². The number of carbonyl (C=O) groups is 9. The molecule has 12 heterocycles. The van der Waals surface area contributed by atoms with Gasteiger partial charge >= 0.3 is 35.0 Å². The molecule has 3 amide bonds. The Morgan fingerprint density at radius 3 is 1.26 bits per heavy atom. The average molecular weight is 1640 g/mol. The van der Waals surface area contributed by atoms with Crippen LogP contribution in [-0.2, 0) is 46.5 Å². The molecule has 0 bridgehead atoms. The number of aromatic nitrogens is 15. The molecule has 12 rings (SSSR count). The number of hydrogen-bond donors (Lipinski definition) is 6. The number of aryl methyl sites for hydroxylation is 9. The lowest BCUT2D eigenvalue weighted by Gasteiger charge is -2.09. The number of nitrogens with zero attached hydrogens (tertiary/aromatic N) is 15. The monoisotopic (exact) mass is 1640 g/mol. The smallest absolute Gasteiger partial charge is 0.396 e. The number of carboxylic acid groups (broad SMARTS) is 1. The molecule has 0 saturated heterocycles. The van der Waals surface area contributed by atoms with E-state index in [9.17, 15) is 43.2 Å². The van der Waals surface area contributed by atoms with E-state index in [1.165, 1.54) is 28.9 Å². The Bertz CT molecular complexity index is 5360. The standard InChI is InChI=1S/C22H20N6OS.C13H15N3.C12H14N2O4.C11H11N3O2S.C9H7N3O2S.C7H9N3O.C4H5ClO3/c1-13-5-4-7-24-19(13)21-27-28-22(30-21)20(29)26-12-16-9-14(2)18(25-11-16)17-6-8-23-15(3)10-17;1-9-5-11(7-14)8-16-13(9)12-3-4-15-10(2)6-12;1-3-18-12(17)11(16)14-7-9(15)10-8(2)5-4-6-13-10;1-3-16-11(15)10-14-13-9(17-10)8-7(2)5-4-6-12-8;1-5-3-2-4-10-6(5)7-11-12-8(15-7)9(13)14;1-5-3-2-4-9-6(5)7(11)10-8;1-2-8-4(7)3(5)6/h4-11H,12H2,1-3H3,(H,26,29);3-6,8H,7,14H2,1-2H3;4-6H,3,7H2,1-2H3,(H,14,16);4-6H,3H2,1-2H3;2-4H,1H3,(H,13,14);2-4H,8H2,1H3,(H,10,11);2H2,1H3. The number of carbonyl (C=O) groups excluding carboxylic acids is 8. The Morgan fingerprint density at radius 1 is 0.435 bits per heavy atom. The zero-order valence-electron chi connectivity index (χ0n) is 64.5. The third-order valence-corrected chi connectivity index (χ3v) is 17.9. The summed E-state index contributed by atoms with van der Waals surface area (Å²) >= 11 is 8.14. The van der Waals surface area contributed by atoms with E-state index < -0.39 is 35.0 Å². The van der Waals surface area contributed by atoms with Crippen molar-refractivity contribution < 1.29 is 62.5 Å². The summed E-state index contributed by atoms with van der Waals surface area (Å²) in [6, 6.07) is 30.4. The van der Waals surface area contributed by atoms with E-state index in [0.717, 1.165) is 101 Å². The van der Waals surface area contributed by atoms with Gasteiger partial charge in [-0.2, -0.15) is 0 Å². The maximum Gasteiger partial charge on any atom is 0.396 e. The third kappa shape index (κ3) is 28.5. The Labute approximate surface area is 677 Å². The van der Waals surface area contributed by atoms with Gasteiger partial charge in [-0.25, -0.2) is 25.0 Å². The second kappa shape index (κ2) is 46.6. The van der Waals surface area contributed by atoms with Crippen molar-refractivity contribution >= 4 is 98.2 Å². The second-order valence-electron chi connectivity index (χ2n) is 23.7. The van der Waals surface area contributed by atoms with E-state index in [2.05, 4.69) is 109 Å². The first-order chi connectivity index (χ1) is 55.1. The molecule has 0 aliphatic carbocycles. The van der Waals surface area contributed by atoms with Crippen LogP contribution >= 0.6 is 45.6 Å². The number of halogens is 1. The van der Waals surface area contributed by atoms with Gasteiger partial charge < -0.3 is 35.7 Å². The van der Waals surface area contributed by atoms with Crippen LogP contribution in [0.2, 0.25) is 0 Å². The van der Waals surface area contributed by atoms with E-state index in [4.69, 9.17) is 33.0 Å². The average Bonchev–Trinajstić information content (AvgIpc) is 1.65. The zero-order chi connectivity index (χ0) is 84.1. The predicted octanol–water partition coefficient (Wildman–Crippen LogP) is 10.4. The van der Waals surface area contributed by atoms with Gasteiger partial charge in [0.05, 0.1) is 37.8 Å². The van der Waals surface area contributed by atoms with Crippen LogP contribution in [0.4, 0.5) is 0 Å². The number of nitrogens with one attached hydrogen (secondary N) is 3. The molecule has 37 heteroatoms. The molecule has 0 saturated carbocycles. The summed E-state index contributed by atoms with van der Waals surface area (Å²) in [5.74, 6) is -0.469. The number of aromatic carboxylic acids is 1. The first-order valence-electron chi connectivity index (χ1n) is 34.7. The van der Waals surface area contributed by atoms with Crippen LogP contribution in [0.25, 0.3) is 54.6 Å². The quantitative estimate of drug-likeness (QED) is 0.00640. The van der Waals surface area contributed by atoms with Gasteiger partial charge in [0, 0.05) is 91.4 Å². The maximum absolute atomic E-state index is 12.5. The van der Waals surface area contributed by atoms with Crippen molar-refractivity contribution in [1.29, 1.82) is 0 Å². The summed E-state index contributed by atoms with van der Waals surface area (Å²) in [6.45, 7) is 23.5. The summed E-state index contributed by atoms with van der Waals surface area (Å²) < 4.78 is 13.5. The fraction of sp³-hybridized carbons (Fsp3) is 0.231. The van der Waals surface area contributed by atoms with E-state index in [1.54, 1.807) is 96.1 Å². The highest BCUT2D eigenvalue weighted by Gasteiger charge is 2.21. The summed E-state index contributed by atoms with van der Waals surface area (Å²) in [4.78, 5) is 137. The Morgan fingerprint density at radius 2 is 0.852 bits per heavy atom. The highest BCUT2D eigenvalue weighted by atomic mass is 35.5. The number of hydrazine groups is 1. The molecule has 33 nitrogen and oxygen atoms in total. The molecule has 115 heavy (non-hydrogen) atoms. The largest absolute Gasteiger partial charge is 0.476 e. The van der Waals surface area contributed by atoms with Crippen molar-refractivity contribution in [3.05, 3.63) is 241 Å². The van der Waals surface area contributed by atoms with Gasteiger partial charge in [0.15, 0.2) is 15.0 Å². The highest BCUT2D eigenvalue weighted by Crippen LogP contribution is 2.28. The van der Waals surface area contributed by atoms with E-state index in [-0.39, 0.29) is 53.1 Å². The Hall–Kier alpha value is -13.1. The number of ether oxygens (including phenoxy) is 3. The lowest BCUT2D eigenvalue weighted by molar-refractivity contribution is -0.154. The van der Waals surface area contributed by atoms with Gasteiger partial charge in [-0.1, -0.05) is 76.5 Å². The molecular weight excluding hydrogens is 1560 g/mol. The van der Waals surface area contributed by atoms with Crippen molar-refractivity contribution in [3.63, 3.8) is 0 Å². The van der Waals surface area contributed by atoms with Gasteiger partial charge in [0.25, 0.3) is 11.8 Å². The third-order valence-electron chi connectivity index (χ3n) is 15.0. The molecule has 0 atom stereocenters. The van der Waals surface area contributed by atoms with Gasteiger partial charge in [-0.15, -0.1) is 30.6 Å². The number of rotatable bonds is 19. The number of amides is 3. The van der Waals surface area contributed by atoms with Gasteiger partial charge in [0.2, 0.25) is 20.8 Å². The van der Waals surface area contributed by atoms with Crippen LogP contribution in [0.1, 0.15) is 133 Å². The molecule has 8 N–H and O–H groups in total. The van der Waals surface area contributed by atoms with Gasteiger partial charge in [-0.05, 0) is 199 Å². The maximum atomic E-state index is 12.5.